The fourth-order valence-corrected chi connectivity index (χ4v) is 2.65. The molecule has 2 aromatic rings. The first kappa shape index (κ1) is 15.5. The first-order valence-electron chi connectivity index (χ1n) is 8.13. The number of aromatic nitrogens is 2. The van der Waals surface area contributed by atoms with E-state index in [2.05, 4.69) is 20.4 Å². The van der Waals surface area contributed by atoms with Gasteiger partial charge in [0.05, 0.1) is 0 Å². The van der Waals surface area contributed by atoms with Crippen molar-refractivity contribution in [2.45, 2.75) is 39.0 Å². The van der Waals surface area contributed by atoms with Crippen LogP contribution in [0.2, 0.25) is 0 Å². The van der Waals surface area contributed by atoms with E-state index in [0.717, 1.165) is 18.8 Å². The van der Waals surface area contributed by atoms with Crippen LogP contribution in [0.15, 0.2) is 28.7 Å². The van der Waals surface area contributed by atoms with E-state index in [1.165, 1.54) is 24.9 Å². The van der Waals surface area contributed by atoms with E-state index in [0.29, 0.717) is 5.89 Å². The predicted molar refractivity (Wildman–Crippen MR) is 88.8 cm³/mol. The fourth-order valence-electron chi connectivity index (χ4n) is 2.65. The third-order valence-corrected chi connectivity index (χ3v) is 3.98. The number of amides is 1. The second-order valence-corrected chi connectivity index (χ2v) is 6.15. The van der Waals surface area contributed by atoms with Crippen LogP contribution in [0.4, 0.5) is 11.4 Å². The highest BCUT2D eigenvalue weighted by molar-refractivity contribution is 6.00. The average molecular weight is 314 g/mol. The van der Waals surface area contributed by atoms with Gasteiger partial charge < -0.3 is 14.6 Å². The topological polar surface area (TPSA) is 71.3 Å². The van der Waals surface area contributed by atoms with Crippen LogP contribution in [0.5, 0.6) is 0 Å². The fraction of sp³-hybridized carbons (Fsp3) is 0.471. The molecule has 1 fully saturated rings. The first-order chi connectivity index (χ1) is 11.1. The Bertz CT molecular complexity index is 657. The maximum atomic E-state index is 12.1. The minimum absolute atomic E-state index is 0.00573. The Morgan fingerprint density at radius 2 is 1.83 bits per heavy atom. The van der Waals surface area contributed by atoms with Crippen molar-refractivity contribution in [3.63, 3.8) is 0 Å². The Labute approximate surface area is 135 Å². The summed E-state index contributed by atoms with van der Waals surface area (Å²) in [5, 5.41) is 10.4. The predicted octanol–water partition coefficient (Wildman–Crippen LogP) is 3.44. The monoisotopic (exact) mass is 314 g/mol. The molecular weight excluding hydrogens is 292 g/mol. The van der Waals surface area contributed by atoms with Gasteiger partial charge in [-0.05, 0) is 43.5 Å². The minimum atomic E-state index is -0.380. The molecule has 1 aromatic heterocycles. The van der Waals surface area contributed by atoms with Crippen LogP contribution < -0.4 is 10.2 Å². The van der Waals surface area contributed by atoms with Crippen LogP contribution in [0, 0.1) is 0 Å². The molecule has 23 heavy (non-hydrogen) atoms. The number of rotatable bonds is 4. The molecule has 1 aliphatic rings. The van der Waals surface area contributed by atoms with Crippen molar-refractivity contribution >= 4 is 17.3 Å². The van der Waals surface area contributed by atoms with E-state index >= 15 is 0 Å². The highest BCUT2D eigenvalue weighted by Crippen LogP contribution is 2.22. The molecule has 0 bridgehead atoms. The lowest BCUT2D eigenvalue weighted by Crippen LogP contribution is -2.29. The lowest BCUT2D eigenvalue weighted by atomic mass is 10.1. The smallest absolute Gasteiger partial charge is 0.313 e. The number of piperidine rings is 1. The third-order valence-electron chi connectivity index (χ3n) is 3.98. The zero-order valence-corrected chi connectivity index (χ0v) is 13.6. The summed E-state index contributed by atoms with van der Waals surface area (Å²) in [7, 11) is 0. The SMILES string of the molecule is CC(C)c1nnc(C(=O)Nc2ccc(N3CCCCC3)cc2)o1. The van der Waals surface area contributed by atoms with Crippen molar-refractivity contribution in [2.75, 3.05) is 23.3 Å². The quantitative estimate of drug-likeness (QED) is 0.936. The maximum Gasteiger partial charge on any atom is 0.313 e. The number of hydrogen-bond acceptors (Lipinski definition) is 5. The molecule has 0 spiro atoms. The van der Waals surface area contributed by atoms with Gasteiger partial charge >= 0.3 is 11.8 Å². The van der Waals surface area contributed by atoms with Gasteiger partial charge in [-0.1, -0.05) is 13.8 Å². The Hall–Kier alpha value is -2.37. The average Bonchev–Trinajstić information content (AvgIpc) is 3.07. The maximum absolute atomic E-state index is 12.1. The summed E-state index contributed by atoms with van der Waals surface area (Å²) in [5.74, 6) is 0.187. The normalized spacial score (nSPS) is 15.0. The summed E-state index contributed by atoms with van der Waals surface area (Å²) in [4.78, 5) is 14.5. The van der Waals surface area contributed by atoms with Crippen LogP contribution in [-0.4, -0.2) is 29.2 Å². The van der Waals surface area contributed by atoms with Crippen molar-refractivity contribution in [2.24, 2.45) is 0 Å². The van der Waals surface area contributed by atoms with Crippen LogP contribution in [0.3, 0.4) is 0 Å². The van der Waals surface area contributed by atoms with Gasteiger partial charge in [0.1, 0.15) is 0 Å². The van der Waals surface area contributed by atoms with E-state index in [-0.39, 0.29) is 17.7 Å². The number of anilines is 2. The van der Waals surface area contributed by atoms with Gasteiger partial charge in [-0.25, -0.2) is 0 Å². The summed E-state index contributed by atoms with van der Waals surface area (Å²) >= 11 is 0. The van der Waals surface area contributed by atoms with E-state index in [4.69, 9.17) is 4.42 Å². The van der Waals surface area contributed by atoms with Crippen LogP contribution in [0.25, 0.3) is 0 Å². The van der Waals surface area contributed by atoms with E-state index in [1.807, 2.05) is 38.1 Å². The second kappa shape index (κ2) is 6.81. The molecule has 1 saturated heterocycles. The van der Waals surface area contributed by atoms with Crippen molar-refractivity contribution in [3.05, 3.63) is 36.0 Å². The van der Waals surface area contributed by atoms with Crippen LogP contribution in [-0.2, 0) is 0 Å². The highest BCUT2D eigenvalue weighted by Gasteiger charge is 2.17. The summed E-state index contributed by atoms with van der Waals surface area (Å²) in [6, 6.07) is 7.88. The van der Waals surface area contributed by atoms with Gasteiger partial charge in [-0.3, -0.25) is 4.79 Å². The third kappa shape index (κ3) is 3.70. The molecular formula is C17H22N4O2. The second-order valence-electron chi connectivity index (χ2n) is 6.15. The first-order valence-corrected chi connectivity index (χ1v) is 8.13. The highest BCUT2D eigenvalue weighted by atomic mass is 16.4. The summed E-state index contributed by atoms with van der Waals surface area (Å²) < 4.78 is 5.36. The Kier molecular flexibility index (Phi) is 4.60. The van der Waals surface area contributed by atoms with Gasteiger partial charge in [0.25, 0.3) is 0 Å². The minimum Gasteiger partial charge on any atom is -0.417 e. The summed E-state index contributed by atoms with van der Waals surface area (Å²) in [6.45, 7) is 6.08. The summed E-state index contributed by atoms with van der Waals surface area (Å²) in [6.07, 6.45) is 3.80. The van der Waals surface area contributed by atoms with Gasteiger partial charge in [-0.2, -0.15) is 0 Å². The number of carbonyl (C=O) groups excluding carboxylic acids is 1. The molecule has 3 rings (SSSR count). The van der Waals surface area contributed by atoms with Crippen LogP contribution in [0.1, 0.15) is 55.6 Å². The molecule has 6 nitrogen and oxygen atoms in total. The zero-order chi connectivity index (χ0) is 16.2. The molecule has 1 aliphatic heterocycles. The van der Waals surface area contributed by atoms with Gasteiger partial charge in [-0.15, -0.1) is 10.2 Å². The van der Waals surface area contributed by atoms with Crippen molar-refractivity contribution < 1.29 is 9.21 Å². The zero-order valence-electron chi connectivity index (χ0n) is 13.6. The standard InChI is InChI=1S/C17H22N4O2/c1-12(2)16-19-20-17(23-16)15(22)18-13-6-8-14(9-7-13)21-10-4-3-5-11-21/h6-9,12H,3-5,10-11H2,1-2H3,(H,18,22). The summed E-state index contributed by atoms with van der Waals surface area (Å²) in [5.41, 5.74) is 1.92. The van der Waals surface area contributed by atoms with Crippen LogP contribution >= 0.6 is 0 Å². The molecule has 0 unspecified atom stereocenters. The molecule has 2 heterocycles. The van der Waals surface area contributed by atoms with Crippen molar-refractivity contribution in [3.8, 4) is 0 Å². The Morgan fingerprint density at radius 1 is 1.13 bits per heavy atom. The van der Waals surface area contributed by atoms with Gasteiger partial charge in [0, 0.05) is 30.4 Å². The Morgan fingerprint density at radius 3 is 2.43 bits per heavy atom. The Balaban J connectivity index is 1.64. The number of carbonyl (C=O) groups is 1. The van der Waals surface area contributed by atoms with E-state index in [1.54, 1.807) is 0 Å². The lowest BCUT2D eigenvalue weighted by molar-refractivity contribution is 0.0988. The molecule has 1 amide bonds. The van der Waals surface area contributed by atoms with Gasteiger partial charge in [0.2, 0.25) is 5.89 Å². The number of nitrogens with zero attached hydrogens (tertiary/aromatic N) is 3. The van der Waals surface area contributed by atoms with E-state index < -0.39 is 0 Å². The molecule has 6 heteroatoms. The molecule has 122 valence electrons. The molecule has 0 saturated carbocycles. The van der Waals surface area contributed by atoms with Gasteiger partial charge in [0.15, 0.2) is 0 Å². The molecule has 0 atom stereocenters. The molecule has 0 aliphatic carbocycles. The molecule has 1 aromatic carbocycles. The number of nitrogens with one attached hydrogen (secondary N) is 1. The molecule has 1 N–H and O–H groups in total. The lowest BCUT2D eigenvalue weighted by Gasteiger charge is -2.28. The van der Waals surface area contributed by atoms with Crippen molar-refractivity contribution in [1.82, 2.24) is 10.2 Å². The van der Waals surface area contributed by atoms with Crippen molar-refractivity contribution in [1.29, 1.82) is 0 Å². The molecule has 0 radical (unpaired) electrons. The number of benzene rings is 1. The number of hydrogen-bond donors (Lipinski definition) is 1. The largest absolute Gasteiger partial charge is 0.417 e. The van der Waals surface area contributed by atoms with E-state index in [9.17, 15) is 4.79 Å².